The molecule has 1 atom stereocenters. The minimum Gasteiger partial charge on any atom is -0.481 e. The lowest BCUT2D eigenvalue weighted by Crippen LogP contribution is -2.47. The van der Waals surface area contributed by atoms with Crippen molar-refractivity contribution in [3.8, 4) is 0 Å². The highest BCUT2D eigenvalue weighted by Crippen LogP contribution is 2.20. The number of nitrogens with one attached hydrogen (secondary N) is 1. The summed E-state index contributed by atoms with van der Waals surface area (Å²) in [5, 5.41) is 11.6. The monoisotopic (exact) mass is 306 g/mol. The highest BCUT2D eigenvalue weighted by Gasteiger charge is 2.32. The number of piperidine rings is 1. The summed E-state index contributed by atoms with van der Waals surface area (Å²) < 4.78 is 24.2. The summed E-state index contributed by atoms with van der Waals surface area (Å²) in [5.41, 5.74) is -1.04. The lowest BCUT2D eigenvalue weighted by atomic mass is 9.93. The van der Waals surface area contributed by atoms with E-state index < -0.39 is 27.3 Å². The number of amides is 1. The van der Waals surface area contributed by atoms with E-state index >= 15 is 0 Å². The Morgan fingerprint density at radius 3 is 2.50 bits per heavy atom. The SMILES string of the molecule is CC(C)(CNC(=O)C1CCCN(S(C)(=O)=O)C1)C(=O)O. The number of nitrogens with zero attached hydrogens (tertiary/aromatic N) is 1. The molecule has 0 aromatic heterocycles. The van der Waals surface area contributed by atoms with Crippen molar-refractivity contribution in [2.45, 2.75) is 26.7 Å². The fourth-order valence-corrected chi connectivity index (χ4v) is 2.90. The van der Waals surface area contributed by atoms with Crippen molar-refractivity contribution < 1.29 is 23.1 Å². The van der Waals surface area contributed by atoms with E-state index in [2.05, 4.69) is 5.32 Å². The van der Waals surface area contributed by atoms with E-state index in [9.17, 15) is 18.0 Å². The minimum absolute atomic E-state index is 0.0243. The largest absolute Gasteiger partial charge is 0.481 e. The van der Waals surface area contributed by atoms with Crippen molar-refractivity contribution in [1.29, 1.82) is 0 Å². The number of aliphatic carboxylic acids is 1. The summed E-state index contributed by atoms with van der Waals surface area (Å²) in [4.78, 5) is 23.0. The van der Waals surface area contributed by atoms with Gasteiger partial charge in [0.15, 0.2) is 0 Å². The van der Waals surface area contributed by atoms with E-state index in [-0.39, 0.29) is 19.0 Å². The maximum absolute atomic E-state index is 12.0. The summed E-state index contributed by atoms with van der Waals surface area (Å²) in [6.07, 6.45) is 2.37. The predicted octanol–water partition coefficient (Wildman–Crippen LogP) is -0.115. The van der Waals surface area contributed by atoms with Crippen LogP contribution in [0.1, 0.15) is 26.7 Å². The predicted molar refractivity (Wildman–Crippen MR) is 73.6 cm³/mol. The molecule has 1 aliphatic rings. The van der Waals surface area contributed by atoms with Gasteiger partial charge in [0.25, 0.3) is 0 Å². The lowest BCUT2D eigenvalue weighted by Gasteiger charge is -2.30. The van der Waals surface area contributed by atoms with Crippen LogP contribution in [0, 0.1) is 11.3 Å². The number of carboxylic acid groups (broad SMARTS) is 1. The maximum atomic E-state index is 12.0. The second kappa shape index (κ2) is 6.09. The van der Waals surface area contributed by atoms with E-state index in [0.29, 0.717) is 19.4 Å². The number of carboxylic acids is 1. The first kappa shape index (κ1) is 16.9. The molecule has 1 amide bonds. The Hall–Kier alpha value is -1.15. The maximum Gasteiger partial charge on any atom is 0.310 e. The van der Waals surface area contributed by atoms with E-state index in [0.717, 1.165) is 6.26 Å². The molecule has 1 fully saturated rings. The number of rotatable bonds is 5. The summed E-state index contributed by atoms with van der Waals surface area (Å²) in [6, 6.07) is 0. The molecular weight excluding hydrogens is 284 g/mol. The van der Waals surface area contributed by atoms with Crippen LogP contribution in [-0.2, 0) is 19.6 Å². The summed E-state index contributed by atoms with van der Waals surface area (Å²) in [6.45, 7) is 3.68. The highest BCUT2D eigenvalue weighted by molar-refractivity contribution is 7.88. The zero-order chi connectivity index (χ0) is 15.6. The molecule has 1 saturated heterocycles. The Labute approximate surface area is 119 Å². The standard InChI is InChI=1S/C12H22N2O5S/c1-12(2,11(16)17)8-13-10(15)9-5-4-6-14(7-9)20(3,18)19/h9H,4-8H2,1-3H3,(H,13,15)(H,16,17). The van der Waals surface area contributed by atoms with Crippen LogP contribution in [0.5, 0.6) is 0 Å². The van der Waals surface area contributed by atoms with Gasteiger partial charge in [-0.2, -0.15) is 0 Å². The Bertz CT molecular complexity index is 486. The zero-order valence-electron chi connectivity index (χ0n) is 12.0. The average molecular weight is 306 g/mol. The van der Waals surface area contributed by atoms with Gasteiger partial charge in [0.2, 0.25) is 15.9 Å². The molecule has 0 spiro atoms. The van der Waals surface area contributed by atoms with Crippen LogP contribution in [-0.4, -0.2) is 55.6 Å². The molecular formula is C12H22N2O5S. The Balaban J connectivity index is 2.58. The fraction of sp³-hybridized carbons (Fsp3) is 0.833. The van der Waals surface area contributed by atoms with Gasteiger partial charge < -0.3 is 10.4 Å². The van der Waals surface area contributed by atoms with Gasteiger partial charge in [-0.05, 0) is 26.7 Å². The Kier molecular flexibility index (Phi) is 5.15. The van der Waals surface area contributed by atoms with Crippen molar-refractivity contribution in [2.75, 3.05) is 25.9 Å². The van der Waals surface area contributed by atoms with Gasteiger partial charge in [-0.15, -0.1) is 0 Å². The molecule has 1 unspecified atom stereocenters. The van der Waals surface area contributed by atoms with Crippen molar-refractivity contribution in [2.24, 2.45) is 11.3 Å². The molecule has 0 aromatic carbocycles. The molecule has 0 saturated carbocycles. The van der Waals surface area contributed by atoms with Gasteiger partial charge in [0.1, 0.15) is 0 Å². The van der Waals surface area contributed by atoms with Gasteiger partial charge in [-0.25, -0.2) is 12.7 Å². The first-order chi connectivity index (χ1) is 9.04. The first-order valence-corrected chi connectivity index (χ1v) is 8.35. The normalized spacial score (nSPS) is 21.4. The molecule has 0 bridgehead atoms. The second-order valence-electron chi connectivity index (χ2n) is 5.87. The number of carbonyl (C=O) groups is 2. The third-order valence-electron chi connectivity index (χ3n) is 3.51. The van der Waals surface area contributed by atoms with E-state index in [1.165, 1.54) is 18.2 Å². The molecule has 0 radical (unpaired) electrons. The summed E-state index contributed by atoms with van der Waals surface area (Å²) in [5.74, 6) is -1.69. The van der Waals surface area contributed by atoms with E-state index in [4.69, 9.17) is 5.11 Å². The third-order valence-corrected chi connectivity index (χ3v) is 4.78. The van der Waals surface area contributed by atoms with Crippen molar-refractivity contribution >= 4 is 21.9 Å². The van der Waals surface area contributed by atoms with E-state index in [1.54, 1.807) is 0 Å². The van der Waals surface area contributed by atoms with E-state index in [1.807, 2.05) is 0 Å². The topological polar surface area (TPSA) is 104 Å². The van der Waals surface area contributed by atoms with Crippen LogP contribution in [0.15, 0.2) is 0 Å². The lowest BCUT2D eigenvalue weighted by molar-refractivity contribution is -0.146. The first-order valence-electron chi connectivity index (χ1n) is 6.50. The van der Waals surface area contributed by atoms with Gasteiger partial charge in [0, 0.05) is 19.6 Å². The third kappa shape index (κ3) is 4.45. The van der Waals surface area contributed by atoms with Crippen molar-refractivity contribution in [3.63, 3.8) is 0 Å². The van der Waals surface area contributed by atoms with Crippen LogP contribution < -0.4 is 5.32 Å². The van der Waals surface area contributed by atoms with Crippen molar-refractivity contribution in [1.82, 2.24) is 9.62 Å². The fourth-order valence-electron chi connectivity index (χ4n) is 1.99. The minimum atomic E-state index is -3.29. The van der Waals surface area contributed by atoms with Gasteiger partial charge in [-0.3, -0.25) is 9.59 Å². The Morgan fingerprint density at radius 2 is 2.00 bits per heavy atom. The molecule has 8 heteroatoms. The molecule has 1 rings (SSSR count). The van der Waals surface area contributed by atoms with Crippen molar-refractivity contribution in [3.05, 3.63) is 0 Å². The molecule has 1 aliphatic heterocycles. The van der Waals surface area contributed by atoms with Crippen LogP contribution >= 0.6 is 0 Å². The Morgan fingerprint density at radius 1 is 1.40 bits per heavy atom. The van der Waals surface area contributed by atoms with Gasteiger partial charge >= 0.3 is 5.97 Å². The molecule has 0 aromatic rings. The summed E-state index contributed by atoms with van der Waals surface area (Å²) >= 11 is 0. The molecule has 7 nitrogen and oxygen atoms in total. The molecule has 0 aliphatic carbocycles. The van der Waals surface area contributed by atoms with Gasteiger partial charge in [0.05, 0.1) is 17.6 Å². The smallest absolute Gasteiger partial charge is 0.310 e. The van der Waals surface area contributed by atoms with Gasteiger partial charge in [-0.1, -0.05) is 0 Å². The van der Waals surface area contributed by atoms with Crippen LogP contribution in [0.2, 0.25) is 0 Å². The number of carbonyl (C=O) groups excluding carboxylic acids is 1. The number of hydrogen-bond donors (Lipinski definition) is 2. The molecule has 2 N–H and O–H groups in total. The highest BCUT2D eigenvalue weighted by atomic mass is 32.2. The van der Waals surface area contributed by atoms with Crippen LogP contribution in [0.25, 0.3) is 0 Å². The molecule has 116 valence electrons. The van der Waals surface area contributed by atoms with Crippen LogP contribution in [0.4, 0.5) is 0 Å². The number of sulfonamides is 1. The molecule has 1 heterocycles. The molecule has 20 heavy (non-hydrogen) atoms. The van der Waals surface area contributed by atoms with Crippen LogP contribution in [0.3, 0.4) is 0 Å². The second-order valence-corrected chi connectivity index (χ2v) is 7.85. The average Bonchev–Trinajstić information content (AvgIpc) is 2.35. The zero-order valence-corrected chi connectivity index (χ0v) is 12.9. The number of hydrogen-bond acceptors (Lipinski definition) is 4. The summed E-state index contributed by atoms with van der Waals surface area (Å²) in [7, 11) is -3.29. The quantitative estimate of drug-likeness (QED) is 0.737.